The molecule has 120 valence electrons. The fourth-order valence-electron chi connectivity index (χ4n) is 1.78. The van der Waals surface area contributed by atoms with Gasteiger partial charge in [0.05, 0.1) is 6.54 Å². The average molecular weight is 447 g/mol. The SMILES string of the molecule is CN=C(NCCSc1ccc(C)cc1)NCc1cccs1.I. The van der Waals surface area contributed by atoms with E-state index in [1.54, 1.807) is 18.4 Å². The van der Waals surface area contributed by atoms with Crippen LogP contribution in [0, 0.1) is 6.92 Å². The number of thiophene rings is 1. The van der Waals surface area contributed by atoms with Crippen molar-refractivity contribution in [1.82, 2.24) is 10.6 Å². The summed E-state index contributed by atoms with van der Waals surface area (Å²) in [7, 11) is 1.80. The standard InChI is InChI=1S/C16H21N3S2.HI/c1-13-5-7-14(8-6-13)21-11-9-18-16(17-2)19-12-15-4-3-10-20-15;/h3-8,10H,9,11-12H2,1-2H3,(H2,17,18,19);1H. The minimum atomic E-state index is 0. The molecule has 1 heterocycles. The molecule has 3 nitrogen and oxygen atoms in total. The van der Waals surface area contributed by atoms with Gasteiger partial charge in [-0.2, -0.15) is 0 Å². The molecule has 0 radical (unpaired) electrons. The van der Waals surface area contributed by atoms with Crippen molar-refractivity contribution in [2.45, 2.75) is 18.4 Å². The van der Waals surface area contributed by atoms with Gasteiger partial charge in [0, 0.05) is 29.1 Å². The Kier molecular flexibility index (Phi) is 9.58. The lowest BCUT2D eigenvalue weighted by Gasteiger charge is -2.11. The quantitative estimate of drug-likeness (QED) is 0.230. The van der Waals surface area contributed by atoms with E-state index in [1.807, 2.05) is 11.8 Å². The normalized spacial score (nSPS) is 10.9. The molecule has 22 heavy (non-hydrogen) atoms. The Morgan fingerprint density at radius 1 is 1.18 bits per heavy atom. The molecule has 2 rings (SSSR count). The number of rotatable bonds is 6. The van der Waals surface area contributed by atoms with E-state index < -0.39 is 0 Å². The Bertz CT molecular complexity index is 553. The van der Waals surface area contributed by atoms with Crippen molar-refractivity contribution in [1.29, 1.82) is 0 Å². The number of benzene rings is 1. The summed E-state index contributed by atoms with van der Waals surface area (Å²) in [6, 6.07) is 12.8. The smallest absolute Gasteiger partial charge is 0.191 e. The van der Waals surface area contributed by atoms with Crippen molar-refractivity contribution < 1.29 is 0 Å². The summed E-state index contributed by atoms with van der Waals surface area (Å²) in [5.74, 6) is 1.87. The monoisotopic (exact) mass is 447 g/mol. The summed E-state index contributed by atoms with van der Waals surface area (Å²) in [6.07, 6.45) is 0. The van der Waals surface area contributed by atoms with Crippen LogP contribution in [0.4, 0.5) is 0 Å². The zero-order valence-corrected chi connectivity index (χ0v) is 16.8. The van der Waals surface area contributed by atoms with E-state index in [0.29, 0.717) is 0 Å². The minimum absolute atomic E-state index is 0. The van der Waals surface area contributed by atoms with E-state index in [9.17, 15) is 0 Å². The average Bonchev–Trinajstić information content (AvgIpc) is 3.02. The zero-order valence-electron chi connectivity index (χ0n) is 12.8. The number of nitrogens with one attached hydrogen (secondary N) is 2. The van der Waals surface area contributed by atoms with Crippen LogP contribution >= 0.6 is 47.1 Å². The first-order chi connectivity index (χ1) is 10.3. The van der Waals surface area contributed by atoms with E-state index in [1.165, 1.54) is 15.3 Å². The predicted molar refractivity (Wildman–Crippen MR) is 110 cm³/mol. The highest BCUT2D eigenvalue weighted by atomic mass is 127. The molecule has 1 aromatic heterocycles. The number of aryl methyl sites for hydroxylation is 1. The van der Waals surface area contributed by atoms with Gasteiger partial charge in [-0.3, -0.25) is 4.99 Å². The number of nitrogens with zero attached hydrogens (tertiary/aromatic N) is 1. The molecule has 0 aliphatic carbocycles. The molecule has 0 unspecified atom stereocenters. The second kappa shape index (κ2) is 10.9. The molecular formula is C16H22IN3S2. The second-order valence-corrected chi connectivity index (χ2v) is 6.79. The lowest BCUT2D eigenvalue weighted by atomic mass is 10.2. The number of hydrogen-bond donors (Lipinski definition) is 2. The largest absolute Gasteiger partial charge is 0.356 e. The number of thioether (sulfide) groups is 1. The number of aliphatic imine (C=N–C) groups is 1. The van der Waals surface area contributed by atoms with Gasteiger partial charge >= 0.3 is 0 Å². The molecule has 0 aliphatic rings. The maximum atomic E-state index is 4.23. The number of guanidine groups is 1. The second-order valence-electron chi connectivity index (χ2n) is 4.59. The zero-order chi connectivity index (χ0) is 14.9. The van der Waals surface area contributed by atoms with Crippen molar-refractivity contribution in [3.63, 3.8) is 0 Å². The lowest BCUT2D eigenvalue weighted by molar-refractivity contribution is 0.841. The summed E-state index contributed by atoms with van der Waals surface area (Å²) in [6.45, 7) is 3.82. The van der Waals surface area contributed by atoms with E-state index >= 15 is 0 Å². The van der Waals surface area contributed by atoms with Gasteiger partial charge in [-0.25, -0.2) is 0 Å². The Balaban J connectivity index is 0.00000242. The third-order valence-electron chi connectivity index (χ3n) is 2.92. The van der Waals surface area contributed by atoms with Crippen LogP contribution in [0.15, 0.2) is 51.7 Å². The van der Waals surface area contributed by atoms with Crippen molar-refractivity contribution in [2.75, 3.05) is 19.3 Å². The third kappa shape index (κ3) is 7.02. The maximum Gasteiger partial charge on any atom is 0.191 e. The highest BCUT2D eigenvalue weighted by Gasteiger charge is 1.99. The Labute approximate surface area is 158 Å². The highest BCUT2D eigenvalue weighted by molar-refractivity contribution is 14.0. The summed E-state index contributed by atoms with van der Waals surface area (Å²) in [4.78, 5) is 6.85. The molecule has 2 N–H and O–H groups in total. The van der Waals surface area contributed by atoms with Crippen LogP contribution < -0.4 is 10.6 Å². The molecule has 0 bridgehead atoms. The first-order valence-electron chi connectivity index (χ1n) is 6.94. The molecule has 1 aromatic carbocycles. The summed E-state index contributed by atoms with van der Waals surface area (Å²) in [5.41, 5.74) is 1.30. The van der Waals surface area contributed by atoms with Crippen LogP contribution in [-0.2, 0) is 6.54 Å². The summed E-state index contributed by atoms with van der Waals surface area (Å²) >= 11 is 3.61. The molecule has 6 heteroatoms. The van der Waals surface area contributed by atoms with Crippen LogP contribution in [0.25, 0.3) is 0 Å². The van der Waals surface area contributed by atoms with Gasteiger partial charge in [-0.15, -0.1) is 47.1 Å². The Morgan fingerprint density at radius 3 is 2.59 bits per heavy atom. The highest BCUT2D eigenvalue weighted by Crippen LogP contribution is 2.17. The summed E-state index contributed by atoms with van der Waals surface area (Å²) < 4.78 is 0. The Hall–Kier alpha value is -0.730. The van der Waals surface area contributed by atoms with E-state index in [4.69, 9.17) is 0 Å². The molecule has 0 fully saturated rings. The van der Waals surface area contributed by atoms with Gasteiger partial charge in [0.2, 0.25) is 0 Å². The van der Waals surface area contributed by atoms with Gasteiger partial charge in [0.15, 0.2) is 5.96 Å². The predicted octanol–water partition coefficient (Wildman–Crippen LogP) is 4.13. The van der Waals surface area contributed by atoms with Crippen LogP contribution in [0.3, 0.4) is 0 Å². The van der Waals surface area contributed by atoms with Crippen molar-refractivity contribution in [3.8, 4) is 0 Å². The first-order valence-corrected chi connectivity index (χ1v) is 8.81. The van der Waals surface area contributed by atoms with Crippen LogP contribution in [-0.4, -0.2) is 25.3 Å². The molecule has 2 aromatic rings. The molecular weight excluding hydrogens is 425 g/mol. The number of halogens is 1. The van der Waals surface area contributed by atoms with Gasteiger partial charge in [-0.05, 0) is 30.5 Å². The minimum Gasteiger partial charge on any atom is -0.356 e. The van der Waals surface area contributed by atoms with E-state index in [2.05, 4.69) is 64.3 Å². The van der Waals surface area contributed by atoms with Crippen LogP contribution in [0.1, 0.15) is 10.4 Å². The van der Waals surface area contributed by atoms with Crippen molar-refractivity contribution in [3.05, 3.63) is 52.2 Å². The van der Waals surface area contributed by atoms with E-state index in [-0.39, 0.29) is 24.0 Å². The van der Waals surface area contributed by atoms with Gasteiger partial charge in [0.1, 0.15) is 0 Å². The Morgan fingerprint density at radius 2 is 1.95 bits per heavy atom. The first kappa shape index (κ1) is 19.3. The van der Waals surface area contributed by atoms with Crippen molar-refractivity contribution >= 4 is 53.0 Å². The van der Waals surface area contributed by atoms with Crippen molar-refractivity contribution in [2.24, 2.45) is 4.99 Å². The molecule has 0 saturated heterocycles. The lowest BCUT2D eigenvalue weighted by Crippen LogP contribution is -2.37. The van der Waals surface area contributed by atoms with Gasteiger partial charge < -0.3 is 10.6 Å². The number of hydrogen-bond acceptors (Lipinski definition) is 3. The summed E-state index contributed by atoms with van der Waals surface area (Å²) in [5, 5.41) is 8.74. The molecule has 0 spiro atoms. The molecule has 0 amide bonds. The van der Waals surface area contributed by atoms with Gasteiger partial charge in [0.25, 0.3) is 0 Å². The van der Waals surface area contributed by atoms with Crippen LogP contribution in [0.2, 0.25) is 0 Å². The topological polar surface area (TPSA) is 36.4 Å². The van der Waals surface area contributed by atoms with E-state index in [0.717, 1.165) is 24.8 Å². The molecule has 0 aliphatic heterocycles. The fraction of sp³-hybridized carbons (Fsp3) is 0.312. The molecule has 0 atom stereocenters. The maximum absolute atomic E-state index is 4.23. The molecule has 0 saturated carbocycles. The fourth-order valence-corrected chi connectivity index (χ4v) is 3.19. The third-order valence-corrected chi connectivity index (χ3v) is 4.81. The van der Waals surface area contributed by atoms with Gasteiger partial charge in [-0.1, -0.05) is 23.8 Å². The van der Waals surface area contributed by atoms with Crippen LogP contribution in [0.5, 0.6) is 0 Å².